The van der Waals surface area contributed by atoms with Gasteiger partial charge in [0, 0.05) is 41.8 Å². The minimum atomic E-state index is -3.62. The summed E-state index contributed by atoms with van der Waals surface area (Å²) in [5.74, 6) is -0.0269. The zero-order chi connectivity index (χ0) is 20.4. The Hall–Kier alpha value is -2.00. The number of hydrogen-bond acceptors (Lipinski definition) is 6. The van der Waals surface area contributed by atoms with Crippen LogP contribution in [0.1, 0.15) is 17.2 Å². The third-order valence-electron chi connectivity index (χ3n) is 5.02. The maximum absolute atomic E-state index is 13.6. The minimum absolute atomic E-state index is 0.0269. The molecule has 4 rings (SSSR count). The van der Waals surface area contributed by atoms with E-state index in [0.29, 0.717) is 40.9 Å². The molecule has 0 aliphatic carbocycles. The maximum Gasteiger partial charge on any atom is 0.234 e. The number of aromatic nitrogens is 1. The molecule has 152 valence electrons. The molecule has 1 saturated heterocycles. The van der Waals surface area contributed by atoms with E-state index in [-0.39, 0.29) is 5.91 Å². The molecule has 1 unspecified atom stereocenters. The van der Waals surface area contributed by atoms with Gasteiger partial charge in [-0.05, 0) is 47.7 Å². The average molecular weight is 450 g/mol. The number of nitrogens with one attached hydrogen (secondary N) is 1. The third kappa shape index (κ3) is 4.45. The van der Waals surface area contributed by atoms with Crippen molar-refractivity contribution in [3.8, 4) is 0 Å². The quantitative estimate of drug-likeness (QED) is 0.624. The lowest BCUT2D eigenvalue weighted by molar-refractivity contribution is -0.124. The first-order valence-corrected chi connectivity index (χ1v) is 12.0. The largest absolute Gasteiger partial charge is 0.354 e. The van der Waals surface area contributed by atoms with E-state index in [4.69, 9.17) is 11.6 Å². The first kappa shape index (κ1) is 20.3. The van der Waals surface area contributed by atoms with Crippen molar-refractivity contribution >= 4 is 48.8 Å². The number of piperazine rings is 1. The Bertz CT molecular complexity index is 1130. The molecule has 3 aromatic rings. The molecule has 3 heterocycles. The van der Waals surface area contributed by atoms with Crippen LogP contribution in [0.3, 0.4) is 0 Å². The number of sulfone groups is 1. The van der Waals surface area contributed by atoms with Gasteiger partial charge < -0.3 is 5.32 Å². The van der Waals surface area contributed by atoms with Crippen molar-refractivity contribution in [2.24, 2.45) is 0 Å². The van der Waals surface area contributed by atoms with Crippen LogP contribution in [0.2, 0.25) is 5.02 Å². The Kier molecular flexibility index (Phi) is 5.87. The smallest absolute Gasteiger partial charge is 0.234 e. The van der Waals surface area contributed by atoms with Gasteiger partial charge in [0.05, 0.1) is 11.8 Å². The number of thiophene rings is 1. The van der Waals surface area contributed by atoms with Gasteiger partial charge in [-0.2, -0.15) is 0 Å². The van der Waals surface area contributed by atoms with Crippen LogP contribution < -0.4 is 5.32 Å². The Morgan fingerprint density at radius 1 is 1.21 bits per heavy atom. The highest BCUT2D eigenvalue weighted by atomic mass is 35.5. The molecule has 1 amide bonds. The van der Waals surface area contributed by atoms with Crippen LogP contribution >= 0.6 is 22.9 Å². The van der Waals surface area contributed by atoms with Gasteiger partial charge in [-0.3, -0.25) is 14.7 Å². The first-order valence-electron chi connectivity index (χ1n) is 9.25. The monoisotopic (exact) mass is 449 g/mol. The Balaban J connectivity index is 1.66. The molecule has 0 saturated carbocycles. The Morgan fingerprint density at radius 2 is 2.00 bits per heavy atom. The number of nitrogens with zero attached hydrogens (tertiary/aromatic N) is 2. The summed E-state index contributed by atoms with van der Waals surface area (Å²) < 4.78 is 28.3. The van der Waals surface area contributed by atoms with Crippen molar-refractivity contribution in [3.05, 3.63) is 59.4 Å². The van der Waals surface area contributed by atoms with Crippen molar-refractivity contribution in [1.29, 1.82) is 0 Å². The van der Waals surface area contributed by atoms with E-state index in [1.54, 1.807) is 42.7 Å². The van der Waals surface area contributed by atoms with E-state index in [2.05, 4.69) is 10.3 Å². The van der Waals surface area contributed by atoms with E-state index in [9.17, 15) is 13.2 Å². The lowest BCUT2D eigenvalue weighted by Crippen LogP contribution is -2.48. The van der Waals surface area contributed by atoms with Gasteiger partial charge in [0.1, 0.15) is 4.21 Å². The number of fused-ring (bicyclic) bond motifs is 1. The van der Waals surface area contributed by atoms with Crippen molar-refractivity contribution in [3.63, 3.8) is 0 Å². The van der Waals surface area contributed by atoms with Crippen LogP contribution in [0.5, 0.6) is 0 Å². The van der Waals surface area contributed by atoms with Gasteiger partial charge in [-0.25, -0.2) is 8.42 Å². The van der Waals surface area contributed by atoms with Gasteiger partial charge in [0.25, 0.3) is 0 Å². The van der Waals surface area contributed by atoms with Gasteiger partial charge in [0.15, 0.2) is 9.84 Å². The number of hydrogen-bond donors (Lipinski definition) is 1. The highest BCUT2D eigenvalue weighted by Crippen LogP contribution is 2.38. The highest BCUT2D eigenvalue weighted by molar-refractivity contribution is 7.93. The molecule has 2 aromatic heterocycles. The topological polar surface area (TPSA) is 79.4 Å². The Morgan fingerprint density at radius 3 is 2.76 bits per heavy atom. The van der Waals surface area contributed by atoms with E-state index < -0.39 is 15.1 Å². The zero-order valence-corrected chi connectivity index (χ0v) is 17.9. The second-order valence-electron chi connectivity index (χ2n) is 6.98. The normalized spacial score (nSPS) is 16.7. The van der Waals surface area contributed by atoms with Crippen LogP contribution in [0, 0.1) is 0 Å². The summed E-state index contributed by atoms with van der Waals surface area (Å²) in [6.07, 6.45) is 3.61. The average Bonchev–Trinajstić information content (AvgIpc) is 3.13. The second kappa shape index (κ2) is 8.39. The van der Waals surface area contributed by atoms with Crippen molar-refractivity contribution < 1.29 is 13.2 Å². The summed E-state index contributed by atoms with van der Waals surface area (Å²) in [6, 6.07) is 10.6. The van der Waals surface area contributed by atoms with E-state index in [1.165, 1.54) is 11.3 Å². The number of amides is 1. The summed E-state index contributed by atoms with van der Waals surface area (Å²) in [6.45, 7) is 2.12. The maximum atomic E-state index is 13.6. The summed E-state index contributed by atoms with van der Waals surface area (Å²) in [5.41, 5.74) is 0.706. The molecule has 9 heteroatoms. The van der Waals surface area contributed by atoms with Crippen LogP contribution in [0.4, 0.5) is 0 Å². The summed E-state index contributed by atoms with van der Waals surface area (Å²) in [5, 5.41) is 3.52. The van der Waals surface area contributed by atoms with Gasteiger partial charge in [-0.15, -0.1) is 11.3 Å². The molecule has 29 heavy (non-hydrogen) atoms. The molecule has 1 N–H and O–H groups in total. The van der Waals surface area contributed by atoms with Crippen LogP contribution in [-0.2, 0) is 14.6 Å². The third-order valence-corrected chi connectivity index (χ3v) is 9.03. The molecule has 1 aliphatic heterocycles. The molecule has 1 atom stereocenters. The van der Waals surface area contributed by atoms with Crippen LogP contribution in [-0.4, -0.2) is 50.4 Å². The number of halogens is 1. The molecular weight excluding hydrogens is 430 g/mol. The fourth-order valence-electron chi connectivity index (χ4n) is 3.52. The molecule has 0 spiro atoms. The van der Waals surface area contributed by atoms with E-state index in [0.717, 1.165) is 16.6 Å². The molecule has 1 aliphatic rings. The number of benzene rings is 1. The summed E-state index contributed by atoms with van der Waals surface area (Å²) in [4.78, 5) is 17.7. The van der Waals surface area contributed by atoms with Crippen LogP contribution in [0.25, 0.3) is 10.1 Å². The van der Waals surface area contributed by atoms with E-state index in [1.807, 2.05) is 11.0 Å². The lowest BCUT2D eigenvalue weighted by Gasteiger charge is -2.28. The standard InChI is InChI=1S/C20H20ClN3O3S2/c21-16-2-1-15-11-20(28-17(15)12-16)29(26,27)18(14-3-6-22-7-4-14)5-9-24-10-8-23-19(25)13-24/h1-4,6-7,11-12,18H,5,8-10,13H2,(H,23,25). The SMILES string of the molecule is O=C1CN(CCC(c2ccncc2)S(=O)(=O)c2cc3ccc(Cl)cc3s2)CCN1. The molecular formula is C20H20ClN3O3S2. The zero-order valence-electron chi connectivity index (χ0n) is 15.5. The van der Waals surface area contributed by atoms with Crippen molar-refractivity contribution in [1.82, 2.24) is 15.2 Å². The molecule has 6 nitrogen and oxygen atoms in total. The molecule has 0 bridgehead atoms. The minimum Gasteiger partial charge on any atom is -0.354 e. The predicted octanol–water partition coefficient (Wildman–Crippen LogP) is 3.29. The molecule has 1 fully saturated rings. The Labute approximate surface area is 178 Å². The highest BCUT2D eigenvalue weighted by Gasteiger charge is 2.31. The van der Waals surface area contributed by atoms with E-state index >= 15 is 0 Å². The van der Waals surface area contributed by atoms with Gasteiger partial charge in [0.2, 0.25) is 5.91 Å². The summed E-state index contributed by atoms with van der Waals surface area (Å²) in [7, 11) is -3.62. The molecule has 1 aromatic carbocycles. The lowest BCUT2D eigenvalue weighted by atomic mass is 10.1. The predicted molar refractivity (Wildman–Crippen MR) is 115 cm³/mol. The number of pyridine rings is 1. The molecule has 0 radical (unpaired) electrons. The first-order chi connectivity index (χ1) is 13.9. The van der Waals surface area contributed by atoms with Crippen molar-refractivity contribution in [2.75, 3.05) is 26.2 Å². The number of carbonyl (C=O) groups excluding carboxylic acids is 1. The summed E-state index contributed by atoms with van der Waals surface area (Å²) >= 11 is 7.30. The fourth-order valence-corrected chi connectivity index (χ4v) is 7.18. The number of rotatable bonds is 6. The fraction of sp³-hybridized carbons (Fsp3) is 0.300. The number of carbonyl (C=O) groups is 1. The van der Waals surface area contributed by atoms with Crippen molar-refractivity contribution in [2.45, 2.75) is 15.9 Å². The van der Waals surface area contributed by atoms with Crippen LogP contribution in [0.15, 0.2) is 53.0 Å². The van der Waals surface area contributed by atoms with Gasteiger partial charge >= 0.3 is 0 Å². The second-order valence-corrected chi connectivity index (χ2v) is 10.9. The van der Waals surface area contributed by atoms with Gasteiger partial charge in [-0.1, -0.05) is 17.7 Å².